The Balaban J connectivity index is 0.00000392. The number of aliphatic imine (C=N–C) groups is 1. The van der Waals surface area contributed by atoms with Crippen LogP contribution in [0.2, 0.25) is 0 Å². The second kappa shape index (κ2) is 12.6. The van der Waals surface area contributed by atoms with Gasteiger partial charge in [-0.3, -0.25) is 4.99 Å². The van der Waals surface area contributed by atoms with E-state index in [1.54, 1.807) is 7.05 Å². The zero-order valence-electron chi connectivity index (χ0n) is 17.4. The summed E-state index contributed by atoms with van der Waals surface area (Å²) in [7, 11) is 1.76. The molecule has 0 bridgehead atoms. The van der Waals surface area contributed by atoms with E-state index in [0.717, 1.165) is 36.9 Å². The molecule has 156 valence electrons. The first-order valence-electron chi connectivity index (χ1n) is 9.48. The minimum absolute atomic E-state index is 0. The van der Waals surface area contributed by atoms with Gasteiger partial charge in [0.15, 0.2) is 11.8 Å². The summed E-state index contributed by atoms with van der Waals surface area (Å²) >= 11 is 0. The van der Waals surface area contributed by atoms with E-state index in [1.165, 1.54) is 5.56 Å². The molecule has 0 aliphatic rings. The smallest absolute Gasteiger partial charge is 0.226 e. The molecule has 0 aliphatic heterocycles. The minimum Gasteiger partial charge on any atom is -0.489 e. The number of aromatic nitrogens is 2. The van der Waals surface area contributed by atoms with Crippen LogP contribution in [-0.2, 0) is 6.42 Å². The van der Waals surface area contributed by atoms with E-state index in [1.807, 2.05) is 25.1 Å². The maximum Gasteiger partial charge on any atom is 0.226 e. The van der Waals surface area contributed by atoms with Crippen molar-refractivity contribution in [1.29, 1.82) is 0 Å². The van der Waals surface area contributed by atoms with Crippen LogP contribution in [0.25, 0.3) is 0 Å². The van der Waals surface area contributed by atoms with Crippen LogP contribution in [0.15, 0.2) is 33.8 Å². The summed E-state index contributed by atoms with van der Waals surface area (Å²) in [4.78, 5) is 8.62. The molecule has 0 amide bonds. The molecular formula is C20H32IN5O2. The van der Waals surface area contributed by atoms with E-state index in [4.69, 9.17) is 9.26 Å². The number of ether oxygens (including phenoxy) is 1. The Bertz CT molecular complexity index is 733. The second-order valence-corrected chi connectivity index (χ2v) is 6.93. The van der Waals surface area contributed by atoms with Crippen LogP contribution in [0, 0.1) is 6.92 Å². The molecule has 1 aromatic heterocycles. The van der Waals surface area contributed by atoms with Gasteiger partial charge in [0.1, 0.15) is 11.9 Å². The maximum absolute atomic E-state index is 5.92. The molecule has 0 radical (unpaired) electrons. The molecule has 0 saturated carbocycles. The number of halogens is 1. The average molecular weight is 501 g/mol. The third kappa shape index (κ3) is 8.45. The van der Waals surface area contributed by atoms with Crippen molar-refractivity contribution in [2.45, 2.75) is 52.6 Å². The number of nitrogens with zero attached hydrogens (tertiary/aromatic N) is 3. The zero-order chi connectivity index (χ0) is 19.6. The molecule has 0 fully saturated rings. The molecule has 8 heteroatoms. The van der Waals surface area contributed by atoms with Crippen molar-refractivity contribution in [2.75, 3.05) is 20.1 Å². The van der Waals surface area contributed by atoms with Crippen LogP contribution in [0.1, 0.15) is 50.4 Å². The Morgan fingerprint density at radius 3 is 2.68 bits per heavy atom. The van der Waals surface area contributed by atoms with Crippen LogP contribution >= 0.6 is 24.0 Å². The first-order chi connectivity index (χ1) is 13.0. The van der Waals surface area contributed by atoms with Crippen molar-refractivity contribution in [3.8, 4) is 5.75 Å². The average Bonchev–Trinajstić information content (AvgIpc) is 3.10. The highest BCUT2D eigenvalue weighted by atomic mass is 127. The van der Waals surface area contributed by atoms with E-state index in [-0.39, 0.29) is 36.0 Å². The Morgan fingerprint density at radius 2 is 2.04 bits per heavy atom. The minimum atomic E-state index is 0. The number of guanidine groups is 1. The number of hydrogen-bond acceptors (Lipinski definition) is 5. The predicted molar refractivity (Wildman–Crippen MR) is 123 cm³/mol. The topological polar surface area (TPSA) is 84.6 Å². The lowest BCUT2D eigenvalue weighted by Crippen LogP contribution is -2.42. The van der Waals surface area contributed by atoms with Gasteiger partial charge in [-0.1, -0.05) is 31.1 Å². The fourth-order valence-electron chi connectivity index (χ4n) is 2.47. The van der Waals surface area contributed by atoms with Gasteiger partial charge in [0.2, 0.25) is 5.89 Å². The Kier molecular flexibility index (Phi) is 10.9. The van der Waals surface area contributed by atoms with Gasteiger partial charge in [-0.25, -0.2) is 0 Å². The quantitative estimate of drug-likeness (QED) is 0.236. The van der Waals surface area contributed by atoms with Crippen molar-refractivity contribution in [1.82, 2.24) is 20.8 Å². The number of aryl methyl sites for hydroxylation is 2. The van der Waals surface area contributed by atoms with Gasteiger partial charge in [-0.2, -0.15) is 4.98 Å². The largest absolute Gasteiger partial charge is 0.489 e. The third-order valence-electron chi connectivity index (χ3n) is 3.97. The van der Waals surface area contributed by atoms with Crippen LogP contribution in [0.3, 0.4) is 0 Å². The van der Waals surface area contributed by atoms with Crippen molar-refractivity contribution >= 4 is 29.9 Å². The lowest BCUT2D eigenvalue weighted by molar-refractivity contribution is 0.223. The standard InChI is InChI=1S/C20H31N5O2.HI/c1-14(2)19-24-18(27-25-19)10-7-11-22-20(21-5)23-13-16(4)26-17-9-6-8-15(3)12-17;/h6,8-9,12,14,16H,7,10-11,13H2,1-5H3,(H2,21,22,23);1H. The number of rotatable bonds is 9. The van der Waals surface area contributed by atoms with Crippen LogP contribution in [-0.4, -0.2) is 42.3 Å². The number of hydrogen-bond donors (Lipinski definition) is 2. The summed E-state index contributed by atoms with van der Waals surface area (Å²) in [5.41, 5.74) is 1.19. The second-order valence-electron chi connectivity index (χ2n) is 6.93. The highest BCUT2D eigenvalue weighted by Crippen LogP contribution is 2.14. The van der Waals surface area contributed by atoms with Gasteiger partial charge < -0.3 is 19.9 Å². The van der Waals surface area contributed by atoms with Gasteiger partial charge in [-0.15, -0.1) is 24.0 Å². The van der Waals surface area contributed by atoms with Crippen LogP contribution in [0.5, 0.6) is 5.75 Å². The monoisotopic (exact) mass is 501 g/mol. The lowest BCUT2D eigenvalue weighted by Gasteiger charge is -2.18. The lowest BCUT2D eigenvalue weighted by atomic mass is 10.2. The van der Waals surface area contributed by atoms with E-state index < -0.39 is 0 Å². The SMILES string of the molecule is CN=C(NCCCc1nc(C(C)C)no1)NCC(C)Oc1cccc(C)c1.I. The van der Waals surface area contributed by atoms with E-state index in [2.05, 4.69) is 52.6 Å². The fraction of sp³-hybridized carbons (Fsp3) is 0.550. The highest BCUT2D eigenvalue weighted by molar-refractivity contribution is 14.0. The first-order valence-corrected chi connectivity index (χ1v) is 9.48. The molecule has 1 aromatic carbocycles. The number of nitrogens with one attached hydrogen (secondary N) is 2. The van der Waals surface area contributed by atoms with Gasteiger partial charge in [-0.05, 0) is 38.0 Å². The van der Waals surface area contributed by atoms with Crippen molar-refractivity contribution in [3.63, 3.8) is 0 Å². The van der Waals surface area contributed by atoms with Gasteiger partial charge in [0, 0.05) is 25.9 Å². The van der Waals surface area contributed by atoms with Crippen molar-refractivity contribution in [2.24, 2.45) is 4.99 Å². The zero-order valence-corrected chi connectivity index (χ0v) is 19.7. The van der Waals surface area contributed by atoms with Crippen molar-refractivity contribution in [3.05, 3.63) is 41.5 Å². The summed E-state index contributed by atoms with van der Waals surface area (Å²) in [6, 6.07) is 8.06. The van der Waals surface area contributed by atoms with E-state index >= 15 is 0 Å². The van der Waals surface area contributed by atoms with Crippen LogP contribution < -0.4 is 15.4 Å². The Hall–Kier alpha value is -1.84. The van der Waals surface area contributed by atoms with Crippen LogP contribution in [0.4, 0.5) is 0 Å². The fourth-order valence-corrected chi connectivity index (χ4v) is 2.47. The summed E-state index contributed by atoms with van der Waals surface area (Å²) < 4.78 is 11.2. The molecule has 0 saturated heterocycles. The normalized spacial score (nSPS) is 12.4. The molecule has 1 atom stereocenters. The Labute approximate surface area is 184 Å². The van der Waals surface area contributed by atoms with E-state index in [9.17, 15) is 0 Å². The molecule has 1 heterocycles. The van der Waals surface area contributed by atoms with Gasteiger partial charge in [0.05, 0.1) is 6.54 Å². The predicted octanol–water partition coefficient (Wildman–Crippen LogP) is 3.68. The summed E-state index contributed by atoms with van der Waals surface area (Å²) in [6.45, 7) is 9.62. The molecule has 28 heavy (non-hydrogen) atoms. The maximum atomic E-state index is 5.92. The molecule has 2 rings (SSSR count). The Morgan fingerprint density at radius 1 is 1.25 bits per heavy atom. The molecule has 2 aromatic rings. The number of benzene rings is 1. The van der Waals surface area contributed by atoms with Crippen molar-refractivity contribution < 1.29 is 9.26 Å². The molecular weight excluding hydrogens is 469 g/mol. The molecule has 7 nitrogen and oxygen atoms in total. The molecule has 1 unspecified atom stereocenters. The summed E-state index contributed by atoms with van der Waals surface area (Å²) in [5, 5.41) is 10.6. The van der Waals surface area contributed by atoms with Gasteiger partial charge >= 0.3 is 0 Å². The summed E-state index contributed by atoms with van der Waals surface area (Å²) in [5.74, 6) is 3.37. The molecule has 0 aliphatic carbocycles. The third-order valence-corrected chi connectivity index (χ3v) is 3.97. The summed E-state index contributed by atoms with van der Waals surface area (Å²) in [6.07, 6.45) is 1.66. The first kappa shape index (κ1) is 24.2. The molecule has 0 spiro atoms. The molecule has 2 N–H and O–H groups in total. The van der Waals surface area contributed by atoms with E-state index in [0.29, 0.717) is 12.4 Å². The van der Waals surface area contributed by atoms with Gasteiger partial charge in [0.25, 0.3) is 0 Å². The highest BCUT2D eigenvalue weighted by Gasteiger charge is 2.09.